The molecule has 8 heteroatoms. The molecule has 0 saturated carbocycles. The van der Waals surface area contributed by atoms with Crippen molar-refractivity contribution in [2.75, 3.05) is 39.0 Å². The first-order chi connectivity index (χ1) is 10.6. The van der Waals surface area contributed by atoms with E-state index < -0.39 is 0 Å². The molecule has 6 nitrogen and oxygen atoms in total. The van der Waals surface area contributed by atoms with Gasteiger partial charge in [0.25, 0.3) is 0 Å². The van der Waals surface area contributed by atoms with Crippen molar-refractivity contribution in [3.05, 3.63) is 18.0 Å². The van der Waals surface area contributed by atoms with Gasteiger partial charge in [-0.3, -0.25) is 9.67 Å². The van der Waals surface area contributed by atoms with E-state index >= 15 is 0 Å². The lowest BCUT2D eigenvalue weighted by Gasteiger charge is -2.35. The quantitative estimate of drug-likeness (QED) is 0.421. The van der Waals surface area contributed by atoms with Gasteiger partial charge in [0.1, 0.15) is 6.10 Å². The van der Waals surface area contributed by atoms with Gasteiger partial charge in [-0.2, -0.15) is 16.9 Å². The Morgan fingerprint density at radius 3 is 3.00 bits per heavy atom. The number of morpholine rings is 1. The van der Waals surface area contributed by atoms with Crippen molar-refractivity contribution in [1.82, 2.24) is 20.0 Å². The number of nitrogens with zero attached hydrogens (tertiary/aromatic N) is 4. The summed E-state index contributed by atoms with van der Waals surface area (Å²) >= 11 is 1.84. The van der Waals surface area contributed by atoms with E-state index in [9.17, 15) is 0 Å². The third-order valence-corrected chi connectivity index (χ3v) is 4.65. The Morgan fingerprint density at radius 2 is 2.39 bits per heavy atom. The Labute approximate surface area is 160 Å². The van der Waals surface area contributed by atoms with E-state index in [0.717, 1.165) is 37.7 Å². The highest BCUT2D eigenvalue weighted by Gasteiger charge is 2.25. The number of guanidine groups is 1. The standard InChI is InChI=1S/C15H27N5OS.HI/c1-5-16-15(17-8-12(2)22-4)20-6-7-21-14(11-20)13-9-18-19(3)10-13;/h9-10,12,14H,5-8,11H2,1-4H3,(H,16,17);1H. The Balaban J connectivity index is 0.00000264. The summed E-state index contributed by atoms with van der Waals surface area (Å²) in [6.45, 7) is 8.41. The number of aliphatic imine (C=N–C) groups is 1. The maximum absolute atomic E-state index is 5.90. The van der Waals surface area contributed by atoms with Gasteiger partial charge in [0, 0.05) is 37.1 Å². The smallest absolute Gasteiger partial charge is 0.194 e. The monoisotopic (exact) mass is 453 g/mol. The van der Waals surface area contributed by atoms with E-state index in [-0.39, 0.29) is 30.1 Å². The SMILES string of the molecule is CCNC(=NCC(C)SC)N1CCOC(c2cnn(C)c2)C1.I. The molecule has 0 radical (unpaired) electrons. The normalized spacial score (nSPS) is 20.1. The van der Waals surface area contributed by atoms with Gasteiger partial charge in [0.15, 0.2) is 5.96 Å². The molecule has 2 atom stereocenters. The highest BCUT2D eigenvalue weighted by molar-refractivity contribution is 14.0. The average molecular weight is 453 g/mol. The number of nitrogens with one attached hydrogen (secondary N) is 1. The van der Waals surface area contributed by atoms with Crippen molar-refractivity contribution in [3.8, 4) is 0 Å². The van der Waals surface area contributed by atoms with Crippen LogP contribution in [0.25, 0.3) is 0 Å². The van der Waals surface area contributed by atoms with Gasteiger partial charge >= 0.3 is 0 Å². The maximum Gasteiger partial charge on any atom is 0.194 e. The average Bonchev–Trinajstić information content (AvgIpc) is 2.97. The van der Waals surface area contributed by atoms with Crippen LogP contribution in [0.3, 0.4) is 0 Å². The molecule has 0 aromatic carbocycles. The molecule has 1 aliphatic rings. The first-order valence-corrected chi connectivity index (χ1v) is 9.09. The summed E-state index contributed by atoms with van der Waals surface area (Å²) in [4.78, 5) is 7.06. The molecule has 0 amide bonds. The second kappa shape index (κ2) is 10.4. The zero-order chi connectivity index (χ0) is 15.9. The van der Waals surface area contributed by atoms with E-state index in [1.165, 1.54) is 0 Å². The minimum atomic E-state index is 0. The van der Waals surface area contributed by atoms with E-state index in [0.29, 0.717) is 11.9 Å². The zero-order valence-corrected chi connectivity index (χ0v) is 17.5. The van der Waals surface area contributed by atoms with Gasteiger partial charge in [-0.1, -0.05) is 6.92 Å². The lowest BCUT2D eigenvalue weighted by molar-refractivity contribution is -0.00803. The third kappa shape index (κ3) is 6.15. The summed E-state index contributed by atoms with van der Waals surface area (Å²) in [6, 6.07) is 0. The number of hydrogen-bond acceptors (Lipinski definition) is 4. The number of aryl methyl sites for hydroxylation is 1. The molecule has 2 heterocycles. The number of ether oxygens (including phenoxy) is 1. The number of rotatable bonds is 5. The van der Waals surface area contributed by atoms with Crippen LogP contribution in [-0.2, 0) is 11.8 Å². The van der Waals surface area contributed by atoms with Crippen molar-refractivity contribution in [2.24, 2.45) is 12.0 Å². The van der Waals surface area contributed by atoms with Crippen LogP contribution in [0.15, 0.2) is 17.4 Å². The highest BCUT2D eigenvalue weighted by atomic mass is 127. The van der Waals surface area contributed by atoms with E-state index in [1.807, 2.05) is 35.9 Å². The van der Waals surface area contributed by atoms with Gasteiger partial charge in [0.2, 0.25) is 0 Å². The summed E-state index contributed by atoms with van der Waals surface area (Å²) < 4.78 is 7.72. The minimum absolute atomic E-state index is 0. The first-order valence-electron chi connectivity index (χ1n) is 7.80. The fourth-order valence-corrected chi connectivity index (χ4v) is 2.59. The number of thioether (sulfide) groups is 1. The fraction of sp³-hybridized carbons (Fsp3) is 0.733. The van der Waals surface area contributed by atoms with Crippen molar-refractivity contribution < 1.29 is 4.74 Å². The van der Waals surface area contributed by atoms with Crippen LogP contribution in [0.1, 0.15) is 25.5 Å². The molecule has 2 rings (SSSR count). The van der Waals surface area contributed by atoms with Crippen LogP contribution in [0.5, 0.6) is 0 Å². The molecule has 1 aliphatic heterocycles. The summed E-state index contributed by atoms with van der Waals surface area (Å²) in [5.74, 6) is 0.987. The van der Waals surface area contributed by atoms with Gasteiger partial charge in [0.05, 0.1) is 25.9 Å². The molecule has 1 fully saturated rings. The van der Waals surface area contributed by atoms with Crippen LogP contribution >= 0.6 is 35.7 Å². The first kappa shape index (κ1) is 20.6. The second-order valence-corrected chi connectivity index (χ2v) is 6.77. The number of hydrogen-bond donors (Lipinski definition) is 1. The molecule has 1 saturated heterocycles. The molecule has 2 unspecified atom stereocenters. The second-order valence-electron chi connectivity index (χ2n) is 5.49. The maximum atomic E-state index is 5.90. The Hall–Kier alpha value is -0.480. The van der Waals surface area contributed by atoms with Gasteiger partial charge < -0.3 is 15.0 Å². The highest BCUT2D eigenvalue weighted by Crippen LogP contribution is 2.21. The Morgan fingerprint density at radius 1 is 1.61 bits per heavy atom. The van der Waals surface area contributed by atoms with E-state index in [4.69, 9.17) is 9.73 Å². The molecule has 1 aromatic rings. The van der Waals surface area contributed by atoms with Crippen LogP contribution in [0.2, 0.25) is 0 Å². The lowest BCUT2D eigenvalue weighted by atomic mass is 10.1. The Kier molecular flexibility index (Phi) is 9.30. The van der Waals surface area contributed by atoms with E-state index in [2.05, 4.69) is 35.4 Å². The zero-order valence-electron chi connectivity index (χ0n) is 14.4. The molecule has 23 heavy (non-hydrogen) atoms. The fourth-order valence-electron chi connectivity index (χ4n) is 2.37. The predicted molar refractivity (Wildman–Crippen MR) is 108 cm³/mol. The minimum Gasteiger partial charge on any atom is -0.370 e. The molecule has 1 N–H and O–H groups in total. The molecule has 132 valence electrons. The summed E-state index contributed by atoms with van der Waals surface area (Å²) in [5, 5.41) is 8.17. The van der Waals surface area contributed by atoms with Crippen molar-refractivity contribution in [2.45, 2.75) is 25.2 Å². The van der Waals surface area contributed by atoms with Crippen LogP contribution in [-0.4, -0.2) is 64.9 Å². The van der Waals surface area contributed by atoms with Crippen molar-refractivity contribution in [3.63, 3.8) is 0 Å². The van der Waals surface area contributed by atoms with E-state index in [1.54, 1.807) is 0 Å². The van der Waals surface area contributed by atoms with Gasteiger partial charge in [-0.05, 0) is 13.2 Å². The largest absolute Gasteiger partial charge is 0.370 e. The topological polar surface area (TPSA) is 54.7 Å². The molecular weight excluding hydrogens is 425 g/mol. The molecule has 0 spiro atoms. The summed E-state index contributed by atoms with van der Waals surface area (Å²) in [6.07, 6.45) is 6.09. The number of halogens is 1. The lowest BCUT2D eigenvalue weighted by Crippen LogP contribution is -2.48. The van der Waals surface area contributed by atoms with Crippen LogP contribution in [0.4, 0.5) is 0 Å². The molecular formula is C15H28IN5OS. The van der Waals surface area contributed by atoms with Crippen molar-refractivity contribution >= 4 is 41.7 Å². The van der Waals surface area contributed by atoms with Crippen molar-refractivity contribution in [1.29, 1.82) is 0 Å². The predicted octanol–water partition coefficient (Wildman–Crippen LogP) is 2.13. The third-order valence-electron chi connectivity index (χ3n) is 3.70. The number of aromatic nitrogens is 2. The van der Waals surface area contributed by atoms with Crippen LogP contribution in [0, 0.1) is 0 Å². The molecule has 1 aromatic heterocycles. The molecule has 0 bridgehead atoms. The summed E-state index contributed by atoms with van der Waals surface area (Å²) in [7, 11) is 1.93. The van der Waals surface area contributed by atoms with Crippen LogP contribution < -0.4 is 5.32 Å². The Bertz CT molecular complexity index is 496. The van der Waals surface area contributed by atoms with Gasteiger partial charge in [-0.25, -0.2) is 0 Å². The summed E-state index contributed by atoms with van der Waals surface area (Å²) in [5.41, 5.74) is 1.13. The molecule has 0 aliphatic carbocycles. The van der Waals surface area contributed by atoms with Gasteiger partial charge in [-0.15, -0.1) is 24.0 Å².